The van der Waals surface area contributed by atoms with E-state index in [1.807, 2.05) is 20.8 Å². The van der Waals surface area contributed by atoms with Gasteiger partial charge in [0.1, 0.15) is 0 Å². The van der Waals surface area contributed by atoms with E-state index in [1.165, 1.54) is 0 Å². The van der Waals surface area contributed by atoms with E-state index in [4.69, 9.17) is 14.2 Å². The SMILES string of the molecule is CCOc1cc(C(=O)Nc2ccc(C(=O)NC)cc2)cc(OCC)c1OCC. The summed E-state index contributed by atoms with van der Waals surface area (Å²) in [7, 11) is 1.57. The Kier molecular flexibility index (Phi) is 7.68. The fourth-order valence-electron chi connectivity index (χ4n) is 2.57. The highest BCUT2D eigenvalue weighted by atomic mass is 16.5. The molecule has 2 rings (SSSR count). The molecule has 0 saturated heterocycles. The summed E-state index contributed by atoms with van der Waals surface area (Å²) in [6, 6.07) is 9.89. The molecule has 0 unspecified atom stereocenters. The highest BCUT2D eigenvalue weighted by Crippen LogP contribution is 2.39. The van der Waals surface area contributed by atoms with Gasteiger partial charge in [0, 0.05) is 23.9 Å². The van der Waals surface area contributed by atoms with E-state index in [0.717, 1.165) is 0 Å². The van der Waals surface area contributed by atoms with Crippen LogP contribution in [-0.2, 0) is 0 Å². The summed E-state index contributed by atoms with van der Waals surface area (Å²) < 4.78 is 16.9. The zero-order chi connectivity index (χ0) is 20.5. The number of nitrogens with one attached hydrogen (secondary N) is 2. The average molecular weight is 386 g/mol. The zero-order valence-corrected chi connectivity index (χ0v) is 16.6. The molecule has 2 aromatic carbocycles. The molecule has 0 saturated carbocycles. The number of hydrogen-bond acceptors (Lipinski definition) is 5. The predicted octanol–water partition coefficient (Wildman–Crippen LogP) is 3.49. The molecule has 0 radical (unpaired) electrons. The summed E-state index contributed by atoms with van der Waals surface area (Å²) in [6.07, 6.45) is 0. The van der Waals surface area contributed by atoms with Gasteiger partial charge in [-0.1, -0.05) is 0 Å². The summed E-state index contributed by atoms with van der Waals surface area (Å²) in [5, 5.41) is 5.36. The Bertz CT molecular complexity index is 791. The van der Waals surface area contributed by atoms with Gasteiger partial charge >= 0.3 is 0 Å². The van der Waals surface area contributed by atoms with Crippen molar-refractivity contribution < 1.29 is 23.8 Å². The first-order valence-corrected chi connectivity index (χ1v) is 9.23. The molecule has 0 aliphatic rings. The third kappa shape index (κ3) is 5.16. The Hall–Kier alpha value is -3.22. The van der Waals surface area contributed by atoms with E-state index in [9.17, 15) is 9.59 Å². The average Bonchev–Trinajstić information content (AvgIpc) is 2.70. The fraction of sp³-hybridized carbons (Fsp3) is 0.333. The highest BCUT2D eigenvalue weighted by molar-refractivity contribution is 6.05. The molecule has 0 fully saturated rings. The molecule has 2 amide bonds. The largest absolute Gasteiger partial charge is 0.490 e. The molecule has 0 aromatic heterocycles. The summed E-state index contributed by atoms with van der Waals surface area (Å²) >= 11 is 0. The van der Waals surface area contributed by atoms with Crippen molar-refractivity contribution >= 4 is 17.5 Å². The standard InChI is InChI=1S/C21H26N2O5/c1-5-26-17-12-15(13-18(27-6-2)19(17)28-7-3)21(25)23-16-10-8-14(9-11-16)20(24)22-4/h8-13H,5-7H2,1-4H3,(H,22,24)(H,23,25). The summed E-state index contributed by atoms with van der Waals surface area (Å²) in [5.41, 5.74) is 1.46. The summed E-state index contributed by atoms with van der Waals surface area (Å²) in [5.74, 6) is 0.883. The lowest BCUT2D eigenvalue weighted by molar-refractivity contribution is 0.0962. The van der Waals surface area contributed by atoms with Crippen molar-refractivity contribution in [3.05, 3.63) is 47.5 Å². The van der Waals surface area contributed by atoms with Crippen LogP contribution in [0.4, 0.5) is 5.69 Å². The number of amides is 2. The lowest BCUT2D eigenvalue weighted by Crippen LogP contribution is -2.18. The van der Waals surface area contributed by atoms with E-state index >= 15 is 0 Å². The molecule has 7 heteroatoms. The van der Waals surface area contributed by atoms with Crippen molar-refractivity contribution in [3.8, 4) is 17.2 Å². The van der Waals surface area contributed by atoms with Gasteiger partial charge in [0.25, 0.3) is 11.8 Å². The molecule has 2 aromatic rings. The minimum atomic E-state index is -0.322. The minimum absolute atomic E-state index is 0.188. The number of carbonyl (C=O) groups excluding carboxylic acids is 2. The predicted molar refractivity (Wildman–Crippen MR) is 108 cm³/mol. The maximum absolute atomic E-state index is 12.7. The first-order chi connectivity index (χ1) is 13.5. The third-order valence-corrected chi connectivity index (χ3v) is 3.80. The molecule has 150 valence electrons. The number of hydrogen-bond donors (Lipinski definition) is 2. The van der Waals surface area contributed by atoms with Crippen LogP contribution < -0.4 is 24.8 Å². The summed E-state index contributed by atoms with van der Waals surface area (Å²) in [6.45, 7) is 6.89. The normalized spacial score (nSPS) is 10.1. The molecule has 28 heavy (non-hydrogen) atoms. The lowest BCUT2D eigenvalue weighted by atomic mass is 10.1. The van der Waals surface area contributed by atoms with Gasteiger partial charge in [-0.05, 0) is 57.2 Å². The maximum atomic E-state index is 12.7. The molecule has 2 N–H and O–H groups in total. The highest BCUT2D eigenvalue weighted by Gasteiger charge is 2.18. The van der Waals surface area contributed by atoms with Crippen LogP contribution in [0.25, 0.3) is 0 Å². The van der Waals surface area contributed by atoms with Crippen LogP contribution >= 0.6 is 0 Å². The van der Waals surface area contributed by atoms with Crippen LogP contribution in [0.5, 0.6) is 17.2 Å². The first kappa shape index (κ1) is 21.1. The van der Waals surface area contributed by atoms with Gasteiger partial charge in [0.15, 0.2) is 11.5 Å². The van der Waals surface area contributed by atoms with E-state index < -0.39 is 0 Å². The lowest BCUT2D eigenvalue weighted by Gasteiger charge is -2.17. The Morgan fingerprint density at radius 1 is 0.786 bits per heavy atom. The molecule has 0 atom stereocenters. The van der Waals surface area contributed by atoms with Crippen molar-refractivity contribution in [2.24, 2.45) is 0 Å². The minimum Gasteiger partial charge on any atom is -0.490 e. The number of anilines is 1. The molecule has 0 aliphatic carbocycles. The second kappa shape index (κ2) is 10.2. The third-order valence-electron chi connectivity index (χ3n) is 3.80. The molecule has 0 aliphatic heterocycles. The molecule has 0 spiro atoms. The number of ether oxygens (including phenoxy) is 3. The van der Waals surface area contributed by atoms with Gasteiger partial charge in [-0.25, -0.2) is 0 Å². The van der Waals surface area contributed by atoms with Crippen molar-refractivity contribution in [2.75, 3.05) is 32.2 Å². The number of benzene rings is 2. The van der Waals surface area contributed by atoms with Crippen LogP contribution in [0.1, 0.15) is 41.5 Å². The topological polar surface area (TPSA) is 85.9 Å². The van der Waals surface area contributed by atoms with Crippen LogP contribution in [0.2, 0.25) is 0 Å². The smallest absolute Gasteiger partial charge is 0.255 e. The van der Waals surface area contributed by atoms with Crippen molar-refractivity contribution in [3.63, 3.8) is 0 Å². The molecule has 0 bridgehead atoms. The van der Waals surface area contributed by atoms with Crippen LogP contribution in [-0.4, -0.2) is 38.7 Å². The quantitative estimate of drug-likeness (QED) is 0.689. The van der Waals surface area contributed by atoms with Crippen LogP contribution in [0, 0.1) is 0 Å². The van der Waals surface area contributed by atoms with E-state index in [-0.39, 0.29) is 11.8 Å². The second-order valence-corrected chi connectivity index (χ2v) is 5.71. The zero-order valence-electron chi connectivity index (χ0n) is 16.6. The van der Waals surface area contributed by atoms with E-state index in [0.29, 0.717) is 53.9 Å². The maximum Gasteiger partial charge on any atom is 0.255 e. The first-order valence-electron chi connectivity index (χ1n) is 9.23. The van der Waals surface area contributed by atoms with E-state index in [1.54, 1.807) is 43.4 Å². The van der Waals surface area contributed by atoms with Crippen molar-refractivity contribution in [1.82, 2.24) is 5.32 Å². The second-order valence-electron chi connectivity index (χ2n) is 5.71. The molecular weight excluding hydrogens is 360 g/mol. The van der Waals surface area contributed by atoms with Crippen molar-refractivity contribution in [1.29, 1.82) is 0 Å². The van der Waals surface area contributed by atoms with E-state index in [2.05, 4.69) is 10.6 Å². The Morgan fingerprint density at radius 3 is 1.79 bits per heavy atom. The number of carbonyl (C=O) groups is 2. The van der Waals surface area contributed by atoms with Crippen LogP contribution in [0.15, 0.2) is 36.4 Å². The van der Waals surface area contributed by atoms with Crippen molar-refractivity contribution in [2.45, 2.75) is 20.8 Å². The van der Waals surface area contributed by atoms with Gasteiger partial charge in [-0.3, -0.25) is 9.59 Å². The molecule has 7 nitrogen and oxygen atoms in total. The van der Waals surface area contributed by atoms with Gasteiger partial charge in [-0.2, -0.15) is 0 Å². The monoisotopic (exact) mass is 386 g/mol. The molecular formula is C21H26N2O5. The van der Waals surface area contributed by atoms with Gasteiger partial charge in [0.05, 0.1) is 19.8 Å². The Morgan fingerprint density at radius 2 is 1.32 bits per heavy atom. The van der Waals surface area contributed by atoms with Gasteiger partial charge in [-0.15, -0.1) is 0 Å². The Labute approximate surface area is 165 Å². The number of rotatable bonds is 9. The summed E-state index contributed by atoms with van der Waals surface area (Å²) in [4.78, 5) is 24.3. The Balaban J connectivity index is 2.29. The van der Waals surface area contributed by atoms with Gasteiger partial charge < -0.3 is 24.8 Å². The fourth-order valence-corrected chi connectivity index (χ4v) is 2.57. The van der Waals surface area contributed by atoms with Crippen LogP contribution in [0.3, 0.4) is 0 Å². The molecule has 0 heterocycles. The van der Waals surface area contributed by atoms with Gasteiger partial charge in [0.2, 0.25) is 5.75 Å².